The van der Waals surface area contributed by atoms with Crippen molar-refractivity contribution < 1.29 is 30.6 Å². The van der Waals surface area contributed by atoms with Gasteiger partial charge in [0.15, 0.2) is 11.8 Å². The molecule has 2 heterocycles. The Bertz CT molecular complexity index is 2260. The molecule has 6 N–H and O–H groups in total. The maximum Gasteiger partial charge on any atom is 0.213 e. The zero-order valence-electron chi connectivity index (χ0n) is 36.2. The predicted molar refractivity (Wildman–Crippen MR) is 240 cm³/mol. The Morgan fingerprint density at radius 1 is 0.407 bits per heavy atom. The Morgan fingerprint density at radius 3 is 0.932 bits per heavy atom. The van der Waals surface area contributed by atoms with Crippen molar-refractivity contribution in [2.24, 2.45) is 0 Å². The molecule has 0 unspecified atom stereocenters. The van der Waals surface area contributed by atoms with Gasteiger partial charge in [0.2, 0.25) is 11.8 Å². The average molecular weight is 835 g/mol. The molecule has 0 radical (unpaired) electrons. The molecule has 59 heavy (non-hydrogen) atoms. The van der Waals surface area contributed by atoms with Crippen molar-refractivity contribution in [2.45, 2.75) is 131 Å². The molecule has 0 aliphatic heterocycles. The third-order valence-corrected chi connectivity index (χ3v) is 12.5. The SMILES string of the molecule is CC(C)(C)c1cc(Sc2cc(O)n(-c3ccc(Cc4ccc(-n5c(O)cc(Sc6cc(C(C)(C)C)c(O)c(C(C)(C)C)c6)c5O)cc4)cc3)c2O)cc(C(C)(C)C)c1O. The zero-order valence-corrected chi connectivity index (χ0v) is 37.8. The number of benzene rings is 4. The smallest absolute Gasteiger partial charge is 0.213 e. The van der Waals surface area contributed by atoms with Crippen molar-refractivity contribution in [3.8, 4) is 46.4 Å². The fourth-order valence-electron chi connectivity index (χ4n) is 7.23. The summed E-state index contributed by atoms with van der Waals surface area (Å²) in [6.07, 6.45) is 0.607. The second-order valence-electron chi connectivity index (χ2n) is 19.5. The van der Waals surface area contributed by atoms with Gasteiger partial charge in [-0.15, -0.1) is 0 Å². The van der Waals surface area contributed by atoms with Crippen LogP contribution in [0.5, 0.6) is 35.0 Å². The first kappa shape index (κ1) is 43.5. The number of aromatic hydroxyl groups is 6. The lowest BCUT2D eigenvalue weighted by atomic mass is 9.79. The standard InChI is InChI=1S/C49H58N2O6S2/c1-46(2,3)34-22-32(23-35(42(34)54)47(4,5)6)58-38-26-40(52)50(44(38)56)30-17-13-28(14-18-30)21-29-15-19-31(20-16-29)51-41(53)27-39(45(51)57)59-33-24-36(48(7,8)9)43(55)37(25-33)49(10,11)12/h13-20,22-27,52-57H,21H2,1-12H3. The summed E-state index contributed by atoms with van der Waals surface area (Å²) >= 11 is 2.68. The predicted octanol–water partition coefficient (Wildman–Crippen LogP) is 12.6. The van der Waals surface area contributed by atoms with E-state index in [-0.39, 0.29) is 56.7 Å². The summed E-state index contributed by atoms with van der Waals surface area (Å²) in [7, 11) is 0. The van der Waals surface area contributed by atoms with Gasteiger partial charge in [-0.2, -0.15) is 0 Å². The molecule has 6 rings (SSSR count). The molecule has 0 amide bonds. The summed E-state index contributed by atoms with van der Waals surface area (Å²) in [5, 5.41) is 67.0. The Morgan fingerprint density at radius 2 is 0.678 bits per heavy atom. The first-order chi connectivity index (χ1) is 27.2. The van der Waals surface area contributed by atoms with Crippen LogP contribution in [0, 0.1) is 0 Å². The van der Waals surface area contributed by atoms with Crippen LogP contribution in [0.3, 0.4) is 0 Å². The molecule has 0 spiro atoms. The number of rotatable bonds is 8. The Kier molecular flexibility index (Phi) is 11.4. The van der Waals surface area contributed by atoms with Crippen LogP contribution in [0.2, 0.25) is 0 Å². The molecule has 4 aromatic carbocycles. The van der Waals surface area contributed by atoms with Gasteiger partial charge in [-0.25, -0.2) is 0 Å². The second-order valence-corrected chi connectivity index (χ2v) is 21.7. The molecule has 0 saturated carbocycles. The molecule has 0 fully saturated rings. The van der Waals surface area contributed by atoms with Gasteiger partial charge < -0.3 is 30.6 Å². The quantitative estimate of drug-likeness (QED) is 0.0894. The second kappa shape index (κ2) is 15.5. The van der Waals surface area contributed by atoms with E-state index < -0.39 is 0 Å². The van der Waals surface area contributed by atoms with Gasteiger partial charge in [0.25, 0.3) is 0 Å². The molecule has 0 atom stereocenters. The van der Waals surface area contributed by atoms with E-state index in [1.807, 2.05) is 72.8 Å². The van der Waals surface area contributed by atoms with Crippen LogP contribution in [0.15, 0.2) is 105 Å². The van der Waals surface area contributed by atoms with E-state index in [0.29, 0.717) is 27.6 Å². The van der Waals surface area contributed by atoms with Gasteiger partial charge in [0.05, 0.1) is 21.2 Å². The summed E-state index contributed by atoms with van der Waals surface area (Å²) in [6.45, 7) is 24.7. The number of hydrogen-bond acceptors (Lipinski definition) is 8. The number of aromatic nitrogens is 2. The van der Waals surface area contributed by atoms with Gasteiger partial charge in [-0.1, -0.05) is 131 Å². The van der Waals surface area contributed by atoms with Crippen LogP contribution in [0.1, 0.15) is 116 Å². The largest absolute Gasteiger partial charge is 0.507 e. The van der Waals surface area contributed by atoms with E-state index in [0.717, 1.165) is 43.2 Å². The number of phenols is 2. The van der Waals surface area contributed by atoms with E-state index >= 15 is 0 Å². The monoisotopic (exact) mass is 834 g/mol. The van der Waals surface area contributed by atoms with Gasteiger partial charge in [-0.05, 0) is 87.7 Å². The topological polar surface area (TPSA) is 131 Å². The summed E-state index contributed by atoms with van der Waals surface area (Å²) in [5.74, 6) is 0.229. The van der Waals surface area contributed by atoms with E-state index in [1.165, 1.54) is 32.7 Å². The lowest BCUT2D eigenvalue weighted by molar-refractivity contribution is 0.397. The summed E-state index contributed by atoms with van der Waals surface area (Å²) in [6, 6.07) is 26.1. The minimum Gasteiger partial charge on any atom is -0.507 e. The summed E-state index contributed by atoms with van der Waals surface area (Å²) in [4.78, 5) is 2.69. The number of nitrogens with zero attached hydrogens (tertiary/aromatic N) is 2. The Labute approximate surface area is 357 Å². The van der Waals surface area contributed by atoms with Crippen LogP contribution in [0.4, 0.5) is 0 Å². The highest BCUT2D eigenvalue weighted by Crippen LogP contribution is 2.48. The summed E-state index contributed by atoms with van der Waals surface area (Å²) in [5.41, 5.74) is 5.30. The van der Waals surface area contributed by atoms with Crippen LogP contribution >= 0.6 is 23.5 Å². The van der Waals surface area contributed by atoms with E-state index in [1.54, 1.807) is 12.1 Å². The van der Waals surface area contributed by atoms with E-state index in [4.69, 9.17) is 0 Å². The van der Waals surface area contributed by atoms with E-state index in [9.17, 15) is 30.6 Å². The third-order valence-electron chi connectivity index (χ3n) is 10.5. The van der Waals surface area contributed by atoms with Crippen LogP contribution < -0.4 is 0 Å². The van der Waals surface area contributed by atoms with Crippen molar-refractivity contribution >= 4 is 23.5 Å². The maximum atomic E-state index is 11.4. The fourth-order valence-corrected chi connectivity index (χ4v) is 9.13. The van der Waals surface area contributed by atoms with Crippen molar-refractivity contribution in [1.29, 1.82) is 0 Å². The molecule has 10 heteroatoms. The molecule has 312 valence electrons. The highest BCUT2D eigenvalue weighted by atomic mass is 32.2. The first-order valence-electron chi connectivity index (χ1n) is 19.8. The number of hydrogen-bond donors (Lipinski definition) is 6. The zero-order chi connectivity index (χ0) is 43.6. The van der Waals surface area contributed by atoms with E-state index in [2.05, 4.69) is 83.1 Å². The molecule has 6 aromatic rings. The first-order valence-corrected chi connectivity index (χ1v) is 21.4. The van der Waals surface area contributed by atoms with Crippen molar-refractivity contribution in [1.82, 2.24) is 9.13 Å². The molecule has 0 bridgehead atoms. The highest BCUT2D eigenvalue weighted by Gasteiger charge is 2.29. The molecule has 8 nitrogen and oxygen atoms in total. The number of phenolic OH excluding ortho intramolecular Hbond substituents is 2. The molecular weight excluding hydrogens is 777 g/mol. The summed E-state index contributed by atoms with van der Waals surface area (Å²) < 4.78 is 2.82. The van der Waals surface area contributed by atoms with Gasteiger partial charge in [0.1, 0.15) is 11.5 Å². The molecule has 0 saturated heterocycles. The normalized spacial score (nSPS) is 12.7. The lowest BCUT2D eigenvalue weighted by Crippen LogP contribution is -2.17. The average Bonchev–Trinajstić information content (AvgIpc) is 3.55. The fraction of sp³-hybridized carbons (Fsp3) is 0.347. The molecule has 0 aliphatic carbocycles. The van der Waals surface area contributed by atoms with Crippen molar-refractivity contribution in [3.05, 3.63) is 118 Å². The Balaban J connectivity index is 1.19. The molecular formula is C49H58N2O6S2. The minimum absolute atomic E-state index is 0.0796. The van der Waals surface area contributed by atoms with Gasteiger partial charge >= 0.3 is 0 Å². The van der Waals surface area contributed by atoms with Crippen LogP contribution in [-0.2, 0) is 28.1 Å². The molecule has 0 aliphatic rings. The van der Waals surface area contributed by atoms with Gasteiger partial charge in [-0.3, -0.25) is 9.13 Å². The van der Waals surface area contributed by atoms with Crippen molar-refractivity contribution in [3.63, 3.8) is 0 Å². The molecule has 2 aromatic heterocycles. The Hall–Kier alpha value is -5.06. The van der Waals surface area contributed by atoms with Crippen molar-refractivity contribution in [2.75, 3.05) is 0 Å². The maximum absolute atomic E-state index is 11.4. The van der Waals surface area contributed by atoms with Crippen LogP contribution in [0.25, 0.3) is 11.4 Å². The third kappa shape index (κ3) is 9.09. The van der Waals surface area contributed by atoms with Gasteiger partial charge in [0, 0.05) is 44.2 Å². The van der Waals surface area contributed by atoms with Crippen LogP contribution in [-0.4, -0.2) is 39.8 Å². The lowest BCUT2D eigenvalue weighted by Gasteiger charge is -2.28. The highest BCUT2D eigenvalue weighted by molar-refractivity contribution is 7.99. The minimum atomic E-state index is -0.303.